The molecule has 0 spiro atoms. The molecule has 3 atom stereocenters. The van der Waals surface area contributed by atoms with Gasteiger partial charge in [0.15, 0.2) is 0 Å². The van der Waals surface area contributed by atoms with Crippen LogP contribution in [-0.4, -0.2) is 53.7 Å². The summed E-state index contributed by atoms with van der Waals surface area (Å²) in [7, 11) is 0. The Bertz CT molecular complexity index is 155. The highest BCUT2D eigenvalue weighted by molar-refractivity contribution is 7.80. The van der Waals surface area contributed by atoms with E-state index in [4.69, 9.17) is 4.74 Å². The van der Waals surface area contributed by atoms with E-state index in [0.717, 1.165) is 19.7 Å². The Balaban J connectivity index is 1.72. The van der Waals surface area contributed by atoms with Crippen molar-refractivity contribution < 1.29 is 9.84 Å². The monoisotopic (exact) mass is 175 g/mol. The summed E-state index contributed by atoms with van der Waals surface area (Å²) in [6.45, 7) is 2.60. The molecule has 0 aromatic carbocycles. The lowest BCUT2D eigenvalue weighted by atomic mass is 9.94. The summed E-state index contributed by atoms with van der Waals surface area (Å²) in [5.41, 5.74) is 0. The van der Waals surface area contributed by atoms with E-state index in [9.17, 15) is 5.11 Å². The van der Waals surface area contributed by atoms with Crippen molar-refractivity contribution in [3.05, 3.63) is 0 Å². The van der Waals surface area contributed by atoms with E-state index >= 15 is 0 Å². The average Bonchev–Trinajstić information content (AvgIpc) is 1.98. The molecule has 0 aliphatic carbocycles. The summed E-state index contributed by atoms with van der Waals surface area (Å²) in [6, 6.07) is 0.601. The molecule has 0 radical (unpaired) electrons. The summed E-state index contributed by atoms with van der Waals surface area (Å²) in [5.74, 6) is 0.550. The van der Waals surface area contributed by atoms with Gasteiger partial charge in [-0.25, -0.2) is 0 Å². The molecule has 2 aliphatic heterocycles. The number of hydrogen-bond donors (Lipinski definition) is 2. The van der Waals surface area contributed by atoms with Crippen LogP contribution in [0.3, 0.4) is 0 Å². The van der Waals surface area contributed by atoms with Crippen LogP contribution in [-0.2, 0) is 4.74 Å². The Labute approximate surface area is 71.7 Å². The highest BCUT2D eigenvalue weighted by Gasteiger charge is 2.47. The third kappa shape index (κ3) is 1.28. The van der Waals surface area contributed by atoms with Crippen molar-refractivity contribution >= 4 is 12.6 Å². The van der Waals surface area contributed by atoms with Gasteiger partial charge in [-0.2, -0.15) is 12.6 Å². The lowest BCUT2D eigenvalue weighted by Gasteiger charge is -2.55. The van der Waals surface area contributed by atoms with Crippen LogP contribution in [0.15, 0.2) is 0 Å². The molecule has 0 aromatic rings. The van der Waals surface area contributed by atoms with E-state index in [1.54, 1.807) is 0 Å². The average molecular weight is 175 g/mol. The maximum Gasteiger partial charge on any atom is 0.0880 e. The van der Waals surface area contributed by atoms with Gasteiger partial charge >= 0.3 is 0 Å². The number of β-amino-alcohol motifs (C(OH)–C–C–N with tert-alkyl or cyclic N) is 1. The van der Waals surface area contributed by atoms with Gasteiger partial charge in [0.05, 0.1) is 24.9 Å². The largest absolute Gasteiger partial charge is 0.391 e. The fraction of sp³-hybridized carbons (Fsp3) is 1.00. The number of rotatable bonds is 3. The highest BCUT2D eigenvalue weighted by atomic mass is 32.1. The zero-order valence-corrected chi connectivity index (χ0v) is 7.20. The second-order valence-electron chi connectivity index (χ2n) is 3.23. The van der Waals surface area contributed by atoms with Crippen LogP contribution < -0.4 is 0 Å². The number of morpholine rings is 1. The number of nitrogens with zero attached hydrogens (tertiary/aromatic N) is 1. The van der Waals surface area contributed by atoms with Crippen LogP contribution in [0, 0.1) is 0 Å². The zero-order chi connectivity index (χ0) is 7.84. The summed E-state index contributed by atoms with van der Waals surface area (Å²) in [6.07, 6.45) is 0.196. The molecule has 2 heterocycles. The Morgan fingerprint density at radius 2 is 2.55 bits per heavy atom. The van der Waals surface area contributed by atoms with E-state index < -0.39 is 0 Å². The predicted octanol–water partition coefficient (Wildman–Crippen LogP) is -0.640. The number of thiol groups is 1. The molecule has 4 heteroatoms. The SMILES string of the molecule is O[C@@H](CS)CN1C[C@H]2OCC21. The lowest BCUT2D eigenvalue weighted by Crippen LogP contribution is -2.71. The number of aliphatic hydroxyl groups excluding tert-OH is 1. The quantitative estimate of drug-likeness (QED) is 0.560. The molecule has 0 bridgehead atoms. The third-order valence-corrected chi connectivity index (χ3v) is 2.87. The molecule has 2 aliphatic rings. The zero-order valence-electron chi connectivity index (χ0n) is 6.31. The van der Waals surface area contributed by atoms with Crippen LogP contribution in [0.25, 0.3) is 0 Å². The smallest absolute Gasteiger partial charge is 0.0880 e. The lowest BCUT2D eigenvalue weighted by molar-refractivity contribution is -0.218. The Morgan fingerprint density at radius 1 is 1.73 bits per heavy atom. The maximum absolute atomic E-state index is 9.26. The molecule has 0 saturated carbocycles. The second kappa shape index (κ2) is 2.94. The van der Waals surface area contributed by atoms with Gasteiger partial charge in [-0.05, 0) is 0 Å². The van der Waals surface area contributed by atoms with Gasteiger partial charge in [-0.15, -0.1) is 0 Å². The maximum atomic E-state index is 9.26. The highest BCUT2D eigenvalue weighted by Crippen LogP contribution is 2.29. The summed E-state index contributed by atoms with van der Waals surface area (Å²) >= 11 is 4.02. The van der Waals surface area contributed by atoms with Gasteiger partial charge in [0.25, 0.3) is 0 Å². The molecule has 1 unspecified atom stereocenters. The summed E-state index contributed by atoms with van der Waals surface area (Å²) in [5, 5.41) is 9.26. The molecule has 0 amide bonds. The van der Waals surface area contributed by atoms with E-state index in [-0.39, 0.29) is 6.10 Å². The summed E-state index contributed by atoms with van der Waals surface area (Å²) in [4.78, 5) is 2.26. The van der Waals surface area contributed by atoms with Gasteiger partial charge in [0.1, 0.15) is 0 Å². The Morgan fingerprint density at radius 3 is 2.91 bits per heavy atom. The van der Waals surface area contributed by atoms with E-state index in [1.165, 1.54) is 0 Å². The van der Waals surface area contributed by atoms with Crippen molar-refractivity contribution in [2.24, 2.45) is 0 Å². The minimum Gasteiger partial charge on any atom is -0.391 e. The number of ether oxygens (including phenoxy) is 1. The van der Waals surface area contributed by atoms with Gasteiger partial charge < -0.3 is 9.84 Å². The normalized spacial score (nSPS) is 38.7. The molecular formula is C7H13NO2S. The van der Waals surface area contributed by atoms with Gasteiger partial charge in [-0.1, -0.05) is 0 Å². The first kappa shape index (κ1) is 7.86. The Hall–Kier alpha value is 0.230. The van der Waals surface area contributed by atoms with Crippen LogP contribution in [0.4, 0.5) is 0 Å². The molecule has 2 saturated heterocycles. The van der Waals surface area contributed by atoms with Crippen LogP contribution >= 0.6 is 12.6 Å². The van der Waals surface area contributed by atoms with Crippen LogP contribution in [0.5, 0.6) is 0 Å². The molecule has 3 nitrogen and oxygen atoms in total. The first-order valence-corrected chi connectivity index (χ1v) is 4.59. The molecule has 11 heavy (non-hydrogen) atoms. The number of likely N-dealkylation sites (tertiary alicyclic amines) is 1. The molecular weight excluding hydrogens is 162 g/mol. The van der Waals surface area contributed by atoms with Crippen molar-refractivity contribution in [2.75, 3.05) is 25.4 Å². The molecule has 64 valence electrons. The first-order valence-electron chi connectivity index (χ1n) is 3.96. The van der Waals surface area contributed by atoms with Crippen molar-refractivity contribution in [1.82, 2.24) is 4.90 Å². The molecule has 0 aromatic heterocycles. The number of aliphatic hydroxyl groups is 1. The minimum atomic E-state index is -0.278. The minimum absolute atomic E-state index is 0.278. The van der Waals surface area contributed by atoms with Crippen molar-refractivity contribution in [3.8, 4) is 0 Å². The molecule has 2 rings (SSSR count). The molecule has 2 fully saturated rings. The van der Waals surface area contributed by atoms with Gasteiger partial charge in [0.2, 0.25) is 0 Å². The van der Waals surface area contributed by atoms with Gasteiger partial charge in [0, 0.05) is 18.8 Å². The van der Waals surface area contributed by atoms with E-state index in [1.807, 2.05) is 0 Å². The summed E-state index contributed by atoms with van der Waals surface area (Å²) < 4.78 is 5.23. The standard InChI is InChI=1S/C7H13NO2S/c9-5(4-11)1-8-2-7-6(8)3-10-7/h5-7,9,11H,1-4H2/t5-,6?,7-/m1/s1. The van der Waals surface area contributed by atoms with Crippen molar-refractivity contribution in [1.29, 1.82) is 0 Å². The number of fused-ring (bicyclic) bond motifs is 1. The Kier molecular flexibility index (Phi) is 2.10. The van der Waals surface area contributed by atoms with Gasteiger partial charge in [-0.3, -0.25) is 4.90 Å². The second-order valence-corrected chi connectivity index (χ2v) is 3.59. The van der Waals surface area contributed by atoms with Crippen LogP contribution in [0.1, 0.15) is 0 Å². The topological polar surface area (TPSA) is 32.7 Å². The predicted molar refractivity (Wildman–Crippen MR) is 45.0 cm³/mol. The van der Waals surface area contributed by atoms with Crippen molar-refractivity contribution in [3.63, 3.8) is 0 Å². The fourth-order valence-corrected chi connectivity index (χ4v) is 1.72. The fourth-order valence-electron chi connectivity index (χ4n) is 1.60. The van der Waals surface area contributed by atoms with Crippen LogP contribution in [0.2, 0.25) is 0 Å². The third-order valence-electron chi connectivity index (χ3n) is 2.45. The number of hydrogen-bond acceptors (Lipinski definition) is 4. The van der Waals surface area contributed by atoms with E-state index in [2.05, 4.69) is 17.5 Å². The first-order chi connectivity index (χ1) is 5.31. The van der Waals surface area contributed by atoms with Crippen molar-refractivity contribution in [2.45, 2.75) is 18.2 Å². The molecule has 1 N–H and O–H groups in total. The van der Waals surface area contributed by atoms with E-state index in [0.29, 0.717) is 17.9 Å².